The molecule has 7 heteroatoms. The monoisotopic (exact) mass is 429 g/mol. The van der Waals surface area contributed by atoms with E-state index in [4.69, 9.17) is 4.74 Å². The van der Waals surface area contributed by atoms with Gasteiger partial charge < -0.3 is 9.64 Å². The van der Waals surface area contributed by atoms with E-state index < -0.39 is 0 Å². The molecule has 1 aliphatic heterocycles. The fourth-order valence-corrected chi connectivity index (χ4v) is 4.23. The van der Waals surface area contributed by atoms with Gasteiger partial charge in [-0.05, 0) is 36.0 Å². The quantitative estimate of drug-likeness (QED) is 0.644. The summed E-state index contributed by atoms with van der Waals surface area (Å²) in [4.78, 5) is 33.6. The minimum Gasteiger partial charge on any atom is -0.482 e. The summed E-state index contributed by atoms with van der Waals surface area (Å²) in [5.74, 6) is 0.563. The number of hydrogen-bond acceptors (Lipinski definition) is 5. The first-order valence-corrected chi connectivity index (χ1v) is 11.4. The van der Waals surface area contributed by atoms with Crippen molar-refractivity contribution in [2.75, 3.05) is 24.6 Å². The van der Waals surface area contributed by atoms with Crippen LogP contribution in [0.15, 0.2) is 23.6 Å². The van der Waals surface area contributed by atoms with Gasteiger partial charge in [0.25, 0.3) is 11.8 Å². The van der Waals surface area contributed by atoms with Crippen molar-refractivity contribution in [1.29, 1.82) is 0 Å². The largest absolute Gasteiger partial charge is 0.482 e. The lowest BCUT2D eigenvalue weighted by Gasteiger charge is -2.31. The van der Waals surface area contributed by atoms with Crippen LogP contribution in [0.5, 0.6) is 5.75 Å². The summed E-state index contributed by atoms with van der Waals surface area (Å²) in [6, 6.07) is 6.00. The van der Waals surface area contributed by atoms with Gasteiger partial charge in [-0.25, -0.2) is 4.98 Å². The third-order valence-electron chi connectivity index (χ3n) is 5.11. The maximum Gasteiger partial charge on any atom is 0.273 e. The average Bonchev–Trinajstić information content (AvgIpc) is 3.17. The molecule has 0 bridgehead atoms. The summed E-state index contributed by atoms with van der Waals surface area (Å²) >= 11 is 1.42. The Kier molecular flexibility index (Phi) is 6.81. The van der Waals surface area contributed by atoms with Crippen LogP contribution in [-0.4, -0.2) is 41.4 Å². The predicted molar refractivity (Wildman–Crippen MR) is 120 cm³/mol. The first-order chi connectivity index (χ1) is 14.2. The number of amides is 2. The van der Waals surface area contributed by atoms with Gasteiger partial charge in [-0.3, -0.25) is 14.5 Å². The van der Waals surface area contributed by atoms with Crippen LogP contribution >= 0.6 is 11.3 Å². The van der Waals surface area contributed by atoms with Gasteiger partial charge >= 0.3 is 0 Å². The Bertz CT molecular complexity index is 911. The third kappa shape index (κ3) is 4.83. The number of rotatable bonds is 7. The van der Waals surface area contributed by atoms with E-state index in [1.165, 1.54) is 11.3 Å². The van der Waals surface area contributed by atoms with Gasteiger partial charge in [0.15, 0.2) is 6.61 Å². The lowest BCUT2D eigenvalue weighted by molar-refractivity contribution is -0.121. The smallest absolute Gasteiger partial charge is 0.273 e. The first-order valence-electron chi connectivity index (χ1n) is 10.6. The summed E-state index contributed by atoms with van der Waals surface area (Å²) in [5, 5.41) is 2.54. The Balaban J connectivity index is 1.84. The molecule has 0 aliphatic carbocycles. The van der Waals surface area contributed by atoms with E-state index in [1.807, 2.05) is 23.1 Å². The molecule has 3 rings (SSSR count). The molecule has 1 aliphatic rings. The van der Waals surface area contributed by atoms with Crippen LogP contribution in [0, 0.1) is 0 Å². The van der Waals surface area contributed by atoms with Gasteiger partial charge in [0.2, 0.25) is 0 Å². The minimum absolute atomic E-state index is 0.0137. The Morgan fingerprint density at radius 3 is 2.57 bits per heavy atom. The number of carbonyl (C=O) groups is 2. The fraction of sp³-hybridized carbons (Fsp3) is 0.522. The zero-order valence-corrected chi connectivity index (χ0v) is 19.3. The zero-order valence-electron chi connectivity index (χ0n) is 18.5. The Morgan fingerprint density at radius 2 is 1.93 bits per heavy atom. The van der Waals surface area contributed by atoms with E-state index >= 15 is 0 Å². The Labute approximate surface area is 182 Å². The van der Waals surface area contributed by atoms with Crippen molar-refractivity contribution >= 4 is 28.8 Å². The molecule has 2 aromatic rings. The summed E-state index contributed by atoms with van der Waals surface area (Å²) in [6.07, 6.45) is 1.83. The SMILES string of the molecule is CCCN(CCC)C(=O)c1csc(CN2C(=O)COc3ccc(C(C)(C)C)cc32)n1. The van der Waals surface area contributed by atoms with E-state index in [0.717, 1.165) is 42.2 Å². The highest BCUT2D eigenvalue weighted by Crippen LogP contribution is 2.37. The normalized spacial score (nSPS) is 13.8. The molecule has 0 unspecified atom stereocenters. The number of fused-ring (bicyclic) bond motifs is 1. The first kappa shape index (κ1) is 22.3. The summed E-state index contributed by atoms with van der Waals surface area (Å²) in [7, 11) is 0. The van der Waals surface area contributed by atoms with Crippen LogP contribution in [0.2, 0.25) is 0 Å². The van der Waals surface area contributed by atoms with Gasteiger partial charge in [0, 0.05) is 18.5 Å². The van der Waals surface area contributed by atoms with Gasteiger partial charge in [-0.15, -0.1) is 11.3 Å². The zero-order chi connectivity index (χ0) is 21.9. The van der Waals surface area contributed by atoms with E-state index in [9.17, 15) is 9.59 Å². The highest BCUT2D eigenvalue weighted by atomic mass is 32.1. The van der Waals surface area contributed by atoms with E-state index in [0.29, 0.717) is 18.0 Å². The van der Waals surface area contributed by atoms with Gasteiger partial charge in [0.1, 0.15) is 16.5 Å². The molecule has 0 N–H and O–H groups in total. The molecule has 0 radical (unpaired) electrons. The van der Waals surface area contributed by atoms with Gasteiger partial charge in [-0.1, -0.05) is 40.7 Å². The number of hydrogen-bond donors (Lipinski definition) is 0. The molecular weight excluding hydrogens is 398 g/mol. The van der Waals surface area contributed by atoms with E-state index in [1.54, 1.807) is 10.3 Å². The van der Waals surface area contributed by atoms with Crippen LogP contribution in [0.4, 0.5) is 5.69 Å². The van der Waals surface area contributed by atoms with Crippen LogP contribution in [0.3, 0.4) is 0 Å². The molecule has 30 heavy (non-hydrogen) atoms. The lowest BCUT2D eigenvalue weighted by Crippen LogP contribution is -2.38. The summed E-state index contributed by atoms with van der Waals surface area (Å²) < 4.78 is 5.63. The van der Waals surface area contributed by atoms with Crippen molar-refractivity contribution in [3.05, 3.63) is 39.8 Å². The molecule has 0 spiro atoms. The number of anilines is 1. The molecule has 162 valence electrons. The predicted octanol–water partition coefficient (Wildman–Crippen LogP) is 4.63. The molecule has 1 aromatic heterocycles. The summed E-state index contributed by atoms with van der Waals surface area (Å²) in [6.45, 7) is 12.4. The second-order valence-electron chi connectivity index (χ2n) is 8.62. The molecule has 2 amide bonds. The fourth-order valence-electron chi connectivity index (χ4n) is 3.48. The molecule has 0 saturated heterocycles. The maximum absolute atomic E-state index is 12.8. The van der Waals surface area contributed by atoms with Crippen molar-refractivity contribution < 1.29 is 14.3 Å². The van der Waals surface area contributed by atoms with Crippen molar-refractivity contribution in [1.82, 2.24) is 9.88 Å². The number of carbonyl (C=O) groups excluding carboxylic acids is 2. The average molecular weight is 430 g/mol. The van der Waals surface area contributed by atoms with Crippen molar-refractivity contribution in [2.45, 2.75) is 59.4 Å². The Morgan fingerprint density at radius 1 is 1.23 bits per heavy atom. The number of benzene rings is 1. The molecule has 0 saturated carbocycles. The third-order valence-corrected chi connectivity index (χ3v) is 5.94. The van der Waals surface area contributed by atoms with E-state index in [2.05, 4.69) is 39.6 Å². The standard InChI is InChI=1S/C23H31N3O3S/c1-6-10-25(11-7-2)22(28)17-15-30-20(24-17)13-26-18-12-16(23(3,4)5)8-9-19(18)29-14-21(26)27/h8-9,12,15H,6-7,10-11,13-14H2,1-5H3. The van der Waals surface area contributed by atoms with Crippen molar-refractivity contribution in [3.8, 4) is 5.75 Å². The highest BCUT2D eigenvalue weighted by Gasteiger charge is 2.29. The van der Waals surface area contributed by atoms with Gasteiger partial charge in [0.05, 0.1) is 12.2 Å². The summed E-state index contributed by atoms with van der Waals surface area (Å²) in [5.41, 5.74) is 2.32. The van der Waals surface area contributed by atoms with Crippen LogP contribution in [0.25, 0.3) is 0 Å². The van der Waals surface area contributed by atoms with Crippen LogP contribution < -0.4 is 9.64 Å². The van der Waals surface area contributed by atoms with Crippen molar-refractivity contribution in [2.24, 2.45) is 0 Å². The van der Waals surface area contributed by atoms with E-state index in [-0.39, 0.29) is 23.8 Å². The molecule has 6 nitrogen and oxygen atoms in total. The molecule has 2 heterocycles. The number of ether oxygens (including phenoxy) is 1. The van der Waals surface area contributed by atoms with Gasteiger partial charge in [-0.2, -0.15) is 0 Å². The molecular formula is C23H31N3O3S. The minimum atomic E-state index is -0.102. The maximum atomic E-state index is 12.8. The van der Waals surface area contributed by atoms with Crippen molar-refractivity contribution in [3.63, 3.8) is 0 Å². The number of aromatic nitrogens is 1. The number of thiazole rings is 1. The molecule has 0 atom stereocenters. The topological polar surface area (TPSA) is 62.7 Å². The molecule has 1 aromatic carbocycles. The van der Waals surface area contributed by atoms with Crippen LogP contribution in [0.1, 0.15) is 68.5 Å². The lowest BCUT2D eigenvalue weighted by atomic mass is 9.86. The Hall–Kier alpha value is -2.41. The second-order valence-corrected chi connectivity index (χ2v) is 9.56. The number of nitrogens with zero attached hydrogens (tertiary/aromatic N) is 3. The highest BCUT2D eigenvalue weighted by molar-refractivity contribution is 7.09. The molecule has 0 fully saturated rings. The van der Waals surface area contributed by atoms with Crippen LogP contribution in [-0.2, 0) is 16.8 Å². The second kappa shape index (κ2) is 9.16.